The average molecular weight is 517 g/mol. The van der Waals surface area contributed by atoms with Crippen molar-refractivity contribution in [3.05, 3.63) is 114 Å². The molecule has 39 heavy (non-hydrogen) atoms. The Morgan fingerprint density at radius 2 is 1.85 bits per heavy atom. The van der Waals surface area contributed by atoms with E-state index >= 15 is 0 Å². The molecule has 0 saturated heterocycles. The van der Waals surface area contributed by atoms with E-state index < -0.39 is 0 Å². The summed E-state index contributed by atoms with van der Waals surface area (Å²) in [6.07, 6.45) is 5.66. The molecule has 0 aliphatic rings. The zero-order valence-corrected chi connectivity index (χ0v) is 22.2. The van der Waals surface area contributed by atoms with Crippen LogP contribution in [-0.4, -0.2) is 40.7 Å². The van der Waals surface area contributed by atoms with Gasteiger partial charge in [-0.25, -0.2) is 0 Å². The smallest absolute Gasteiger partial charge is 0.253 e. The maximum Gasteiger partial charge on any atom is 0.253 e. The lowest BCUT2D eigenvalue weighted by Crippen LogP contribution is -2.35. The highest BCUT2D eigenvalue weighted by Crippen LogP contribution is 2.26. The number of aromatic amines is 1. The molecular formula is C32H32N6O. The first-order valence-corrected chi connectivity index (χ1v) is 13.1. The second-order valence-corrected chi connectivity index (χ2v) is 9.30. The normalized spacial score (nSPS) is 11.1. The molecule has 5 aromatic rings. The quantitative estimate of drug-likeness (QED) is 0.199. The van der Waals surface area contributed by atoms with Gasteiger partial charge >= 0.3 is 0 Å². The fourth-order valence-corrected chi connectivity index (χ4v) is 4.52. The Morgan fingerprint density at radius 1 is 0.974 bits per heavy atom. The van der Waals surface area contributed by atoms with Crippen molar-refractivity contribution in [2.45, 2.75) is 13.8 Å². The summed E-state index contributed by atoms with van der Waals surface area (Å²) in [4.78, 5) is 19.7. The molecule has 0 saturated carbocycles. The highest BCUT2D eigenvalue weighted by molar-refractivity contribution is 6.00. The SMILES string of the molecule is CCN(CCNC(=O)c1ccccc1Nc1ccc2c(/C=C/c3ccccn3)n[nH]c2c1)c1cccc(C)c1. The lowest BCUT2D eigenvalue weighted by atomic mass is 10.1. The topological polar surface area (TPSA) is 85.9 Å². The number of rotatable bonds is 10. The number of hydrogen-bond donors (Lipinski definition) is 3. The van der Waals surface area contributed by atoms with Crippen molar-refractivity contribution in [1.82, 2.24) is 20.5 Å². The zero-order chi connectivity index (χ0) is 27.0. The van der Waals surface area contributed by atoms with Crippen LogP contribution in [0.25, 0.3) is 23.1 Å². The summed E-state index contributed by atoms with van der Waals surface area (Å²) < 4.78 is 0. The first-order chi connectivity index (χ1) is 19.1. The first-order valence-electron chi connectivity index (χ1n) is 13.1. The number of amides is 1. The third-order valence-corrected chi connectivity index (χ3v) is 6.56. The van der Waals surface area contributed by atoms with Crippen LogP contribution in [0.1, 0.15) is 34.2 Å². The van der Waals surface area contributed by atoms with Gasteiger partial charge in [-0.3, -0.25) is 14.9 Å². The standard InChI is InChI=1S/C32H32N6O/c1-3-38(26-11-8-9-23(2)21-26)20-19-34-32(39)28-12-4-5-13-29(28)35-25-14-16-27-30(36-37-31(27)22-25)17-15-24-10-6-7-18-33-24/h4-18,21-22,35H,3,19-20H2,1-2H3,(H,34,39)(H,36,37)/b17-15+. The maximum atomic E-state index is 13.1. The minimum Gasteiger partial charge on any atom is -0.370 e. The van der Waals surface area contributed by atoms with E-state index in [2.05, 4.69) is 68.8 Å². The largest absolute Gasteiger partial charge is 0.370 e. The number of carbonyl (C=O) groups is 1. The number of carbonyl (C=O) groups excluding carboxylic acids is 1. The number of anilines is 3. The molecule has 0 aliphatic carbocycles. The molecule has 0 atom stereocenters. The lowest BCUT2D eigenvalue weighted by Gasteiger charge is -2.23. The number of fused-ring (bicyclic) bond motifs is 1. The summed E-state index contributed by atoms with van der Waals surface area (Å²) >= 11 is 0. The van der Waals surface area contributed by atoms with Crippen LogP contribution < -0.4 is 15.5 Å². The molecule has 3 aromatic carbocycles. The summed E-state index contributed by atoms with van der Waals surface area (Å²) in [7, 11) is 0. The third kappa shape index (κ3) is 6.33. The highest BCUT2D eigenvalue weighted by Gasteiger charge is 2.13. The van der Waals surface area contributed by atoms with Crippen molar-refractivity contribution in [3.8, 4) is 0 Å². The predicted octanol–water partition coefficient (Wildman–Crippen LogP) is 6.44. The van der Waals surface area contributed by atoms with Crippen molar-refractivity contribution < 1.29 is 4.79 Å². The van der Waals surface area contributed by atoms with E-state index in [4.69, 9.17) is 0 Å². The van der Waals surface area contributed by atoms with Crippen LogP contribution in [0.15, 0.2) is 91.1 Å². The molecule has 0 radical (unpaired) electrons. The van der Waals surface area contributed by atoms with Crippen LogP contribution in [0.3, 0.4) is 0 Å². The second-order valence-electron chi connectivity index (χ2n) is 9.30. The van der Waals surface area contributed by atoms with E-state index in [1.54, 1.807) is 6.20 Å². The molecule has 0 aliphatic heterocycles. The Balaban J connectivity index is 1.25. The molecule has 0 unspecified atom stereocenters. The van der Waals surface area contributed by atoms with Gasteiger partial charge in [0.2, 0.25) is 0 Å². The van der Waals surface area contributed by atoms with Gasteiger partial charge in [0.25, 0.3) is 5.91 Å². The van der Waals surface area contributed by atoms with Gasteiger partial charge in [0.15, 0.2) is 0 Å². The van der Waals surface area contributed by atoms with Gasteiger partial charge in [0.1, 0.15) is 0 Å². The number of aromatic nitrogens is 3. The number of aryl methyl sites for hydroxylation is 1. The fraction of sp³-hybridized carbons (Fsp3) is 0.156. The van der Waals surface area contributed by atoms with Crippen molar-refractivity contribution in [1.29, 1.82) is 0 Å². The highest BCUT2D eigenvalue weighted by atomic mass is 16.1. The van der Waals surface area contributed by atoms with Gasteiger partial charge in [-0.15, -0.1) is 0 Å². The molecule has 2 heterocycles. The summed E-state index contributed by atoms with van der Waals surface area (Å²) in [6.45, 7) is 6.36. The number of H-pyrrole nitrogens is 1. The molecule has 0 spiro atoms. The number of likely N-dealkylation sites (N-methyl/N-ethyl adjacent to an activating group) is 1. The fourth-order valence-electron chi connectivity index (χ4n) is 4.52. The lowest BCUT2D eigenvalue weighted by molar-refractivity contribution is 0.0955. The molecular weight excluding hydrogens is 484 g/mol. The minimum atomic E-state index is -0.108. The molecule has 7 heteroatoms. The Kier molecular flexibility index (Phi) is 7.98. The second kappa shape index (κ2) is 12.1. The van der Waals surface area contributed by atoms with Crippen molar-refractivity contribution >= 4 is 46.0 Å². The maximum absolute atomic E-state index is 13.1. The van der Waals surface area contributed by atoms with Crippen LogP contribution in [0.2, 0.25) is 0 Å². The van der Waals surface area contributed by atoms with Crippen molar-refractivity contribution in [2.75, 3.05) is 29.9 Å². The Hall–Kier alpha value is -4.91. The molecule has 7 nitrogen and oxygen atoms in total. The summed E-state index contributed by atoms with van der Waals surface area (Å²) in [6, 6.07) is 27.8. The molecule has 196 valence electrons. The van der Waals surface area contributed by atoms with E-state index in [-0.39, 0.29) is 5.91 Å². The number of hydrogen-bond acceptors (Lipinski definition) is 5. The van der Waals surface area contributed by atoms with Gasteiger partial charge < -0.3 is 15.5 Å². The van der Waals surface area contributed by atoms with Gasteiger partial charge in [-0.1, -0.05) is 30.3 Å². The Morgan fingerprint density at radius 3 is 2.67 bits per heavy atom. The first kappa shape index (κ1) is 25.7. The van der Waals surface area contributed by atoms with Crippen LogP contribution in [0.5, 0.6) is 0 Å². The van der Waals surface area contributed by atoms with Crippen LogP contribution >= 0.6 is 0 Å². The third-order valence-electron chi connectivity index (χ3n) is 6.56. The van der Waals surface area contributed by atoms with Gasteiger partial charge in [0.05, 0.1) is 28.2 Å². The van der Waals surface area contributed by atoms with Crippen LogP contribution in [0.4, 0.5) is 17.1 Å². The van der Waals surface area contributed by atoms with Crippen LogP contribution in [0, 0.1) is 6.92 Å². The summed E-state index contributed by atoms with van der Waals surface area (Å²) in [5.74, 6) is -0.108. The molecule has 0 fully saturated rings. The van der Waals surface area contributed by atoms with E-state index in [9.17, 15) is 4.79 Å². The number of pyridine rings is 1. The Labute approximate surface area is 228 Å². The monoisotopic (exact) mass is 516 g/mol. The number of nitrogens with one attached hydrogen (secondary N) is 3. The molecule has 1 amide bonds. The number of para-hydroxylation sites is 1. The molecule has 0 bridgehead atoms. The molecule has 5 rings (SSSR count). The Bertz CT molecular complexity index is 1590. The molecule has 2 aromatic heterocycles. The number of benzene rings is 3. The van der Waals surface area contributed by atoms with Crippen molar-refractivity contribution in [3.63, 3.8) is 0 Å². The van der Waals surface area contributed by atoms with Crippen LogP contribution in [-0.2, 0) is 0 Å². The van der Waals surface area contributed by atoms with E-state index in [1.807, 2.05) is 72.8 Å². The molecule has 3 N–H and O–H groups in total. The van der Waals surface area contributed by atoms with Gasteiger partial charge in [-0.05, 0) is 86.2 Å². The predicted molar refractivity (Wildman–Crippen MR) is 160 cm³/mol. The van der Waals surface area contributed by atoms with E-state index in [0.717, 1.165) is 46.8 Å². The van der Waals surface area contributed by atoms with E-state index in [0.29, 0.717) is 12.1 Å². The summed E-state index contributed by atoms with van der Waals surface area (Å²) in [5, 5.41) is 15.1. The van der Waals surface area contributed by atoms with Gasteiger partial charge in [-0.2, -0.15) is 5.10 Å². The van der Waals surface area contributed by atoms with Gasteiger partial charge in [0, 0.05) is 42.6 Å². The summed E-state index contributed by atoms with van der Waals surface area (Å²) in [5.41, 5.74) is 7.21. The minimum absolute atomic E-state index is 0.108. The number of nitrogens with zero attached hydrogens (tertiary/aromatic N) is 3. The average Bonchev–Trinajstić information content (AvgIpc) is 3.37. The zero-order valence-electron chi connectivity index (χ0n) is 22.2. The van der Waals surface area contributed by atoms with E-state index in [1.165, 1.54) is 11.3 Å². The van der Waals surface area contributed by atoms with Crippen molar-refractivity contribution in [2.24, 2.45) is 0 Å².